The lowest BCUT2D eigenvalue weighted by molar-refractivity contribution is -0.287. The van der Waals surface area contributed by atoms with Gasteiger partial charge in [0.05, 0.1) is 32.0 Å². The molecule has 2 fully saturated rings. The normalized spacial score (nSPS) is 22.6. The monoisotopic (exact) mass is 440 g/mol. The predicted octanol–water partition coefficient (Wildman–Crippen LogP) is 2.02. The molecule has 2 aliphatic heterocycles. The average molecular weight is 440 g/mol. The van der Waals surface area contributed by atoms with Gasteiger partial charge in [-0.15, -0.1) is 13.2 Å². The Morgan fingerprint density at radius 2 is 1.84 bits per heavy atom. The third kappa shape index (κ3) is 5.35. The van der Waals surface area contributed by atoms with E-state index in [9.17, 15) is 18.0 Å². The lowest BCUT2D eigenvalue weighted by atomic mass is 10.1. The molecule has 1 spiro atoms. The summed E-state index contributed by atoms with van der Waals surface area (Å²) in [5.74, 6) is -1.62. The summed E-state index contributed by atoms with van der Waals surface area (Å²) in [5.41, 5.74) is 1.21. The van der Waals surface area contributed by atoms with Crippen LogP contribution in [0, 0.1) is 0 Å². The van der Waals surface area contributed by atoms with Crippen molar-refractivity contribution in [1.29, 1.82) is 0 Å². The number of aromatic nitrogens is 2. The number of hydrogen-bond acceptors (Lipinski definition) is 6. The Morgan fingerprint density at radius 3 is 2.48 bits per heavy atom. The first kappa shape index (κ1) is 21.6. The first-order chi connectivity index (χ1) is 14.7. The van der Waals surface area contributed by atoms with Crippen LogP contribution in [0.15, 0.2) is 36.5 Å². The van der Waals surface area contributed by atoms with Crippen molar-refractivity contribution in [3.05, 3.63) is 47.8 Å². The summed E-state index contributed by atoms with van der Waals surface area (Å²) in [6, 6.07) is 6.85. The minimum atomic E-state index is -4.78. The van der Waals surface area contributed by atoms with Gasteiger partial charge in [-0.2, -0.15) is 5.10 Å². The number of rotatable bonds is 4. The first-order valence-corrected chi connectivity index (χ1v) is 9.85. The van der Waals surface area contributed by atoms with Crippen molar-refractivity contribution in [3.8, 4) is 5.75 Å². The second-order valence-corrected chi connectivity index (χ2v) is 7.60. The summed E-state index contributed by atoms with van der Waals surface area (Å²) in [5, 5.41) is 4.40. The third-order valence-corrected chi connectivity index (χ3v) is 5.17. The lowest BCUT2D eigenvalue weighted by Gasteiger charge is -2.47. The zero-order valence-corrected chi connectivity index (χ0v) is 17.0. The SMILES string of the molecule is Cn1ccc(CN2CCOC3(C2)CN(C(=O)c2ccc(OC(F)(F)F)cc2)CCO3)n1. The molecule has 1 aromatic heterocycles. The van der Waals surface area contributed by atoms with Gasteiger partial charge in [0, 0.05) is 38.4 Å². The predicted molar refractivity (Wildman–Crippen MR) is 102 cm³/mol. The molecule has 11 heteroatoms. The quantitative estimate of drug-likeness (QED) is 0.725. The van der Waals surface area contributed by atoms with Crippen LogP contribution in [-0.2, 0) is 23.1 Å². The van der Waals surface area contributed by atoms with Crippen molar-refractivity contribution < 1.29 is 32.2 Å². The van der Waals surface area contributed by atoms with Crippen LogP contribution in [0.3, 0.4) is 0 Å². The molecule has 1 amide bonds. The molecule has 0 saturated carbocycles. The molecule has 0 bridgehead atoms. The molecule has 0 N–H and O–H groups in total. The Balaban J connectivity index is 1.40. The number of amides is 1. The zero-order chi connectivity index (χ0) is 22.1. The molecule has 2 aromatic rings. The van der Waals surface area contributed by atoms with Gasteiger partial charge in [-0.25, -0.2) is 0 Å². The third-order valence-electron chi connectivity index (χ3n) is 5.17. The molecule has 3 heterocycles. The standard InChI is InChI=1S/C20H23F3N4O4/c1-25-7-6-16(24-25)12-26-8-10-29-19(13-26)14-27(9-11-30-19)18(28)15-2-4-17(5-3-15)31-20(21,22)23/h2-7H,8-14H2,1H3. The van der Waals surface area contributed by atoms with Crippen LogP contribution in [0.4, 0.5) is 13.2 Å². The topological polar surface area (TPSA) is 69.1 Å². The molecule has 31 heavy (non-hydrogen) atoms. The maximum absolute atomic E-state index is 12.9. The van der Waals surface area contributed by atoms with E-state index in [0.29, 0.717) is 32.8 Å². The maximum Gasteiger partial charge on any atom is 0.573 e. The van der Waals surface area contributed by atoms with Crippen LogP contribution >= 0.6 is 0 Å². The zero-order valence-electron chi connectivity index (χ0n) is 17.0. The van der Waals surface area contributed by atoms with Gasteiger partial charge >= 0.3 is 6.36 Å². The molecule has 4 rings (SSSR count). The molecule has 168 valence electrons. The molecule has 2 aliphatic rings. The van der Waals surface area contributed by atoms with Crippen molar-refractivity contribution >= 4 is 5.91 Å². The van der Waals surface area contributed by atoms with E-state index in [1.165, 1.54) is 12.1 Å². The molecule has 2 saturated heterocycles. The first-order valence-electron chi connectivity index (χ1n) is 9.85. The number of carbonyl (C=O) groups excluding carboxylic acids is 1. The van der Waals surface area contributed by atoms with E-state index in [0.717, 1.165) is 24.4 Å². The maximum atomic E-state index is 12.9. The Kier molecular flexibility index (Phi) is 5.91. The van der Waals surface area contributed by atoms with Crippen molar-refractivity contribution in [1.82, 2.24) is 19.6 Å². The van der Waals surface area contributed by atoms with E-state index >= 15 is 0 Å². The van der Waals surface area contributed by atoms with Crippen molar-refractivity contribution in [2.75, 3.05) is 39.4 Å². The van der Waals surface area contributed by atoms with Crippen molar-refractivity contribution in [2.45, 2.75) is 18.7 Å². The molecular weight excluding hydrogens is 417 g/mol. The van der Waals surface area contributed by atoms with E-state index in [-0.39, 0.29) is 23.8 Å². The summed E-state index contributed by atoms with van der Waals surface area (Å²) in [7, 11) is 1.86. The van der Waals surface area contributed by atoms with Gasteiger partial charge in [0.1, 0.15) is 5.75 Å². The Labute approximate surface area is 177 Å². The van der Waals surface area contributed by atoms with Crippen molar-refractivity contribution in [2.24, 2.45) is 7.05 Å². The van der Waals surface area contributed by atoms with Crippen LogP contribution in [0.5, 0.6) is 5.75 Å². The number of nitrogens with zero attached hydrogens (tertiary/aromatic N) is 4. The number of alkyl halides is 3. The number of carbonyl (C=O) groups is 1. The van der Waals surface area contributed by atoms with E-state index in [2.05, 4.69) is 14.7 Å². The highest BCUT2D eigenvalue weighted by molar-refractivity contribution is 5.94. The van der Waals surface area contributed by atoms with Gasteiger partial charge in [-0.05, 0) is 30.3 Å². The Bertz CT molecular complexity index is 914. The summed E-state index contributed by atoms with van der Waals surface area (Å²) >= 11 is 0. The number of ether oxygens (including phenoxy) is 3. The highest BCUT2D eigenvalue weighted by Gasteiger charge is 2.43. The van der Waals surface area contributed by atoms with Crippen LogP contribution in [0.2, 0.25) is 0 Å². The van der Waals surface area contributed by atoms with Gasteiger partial charge in [-0.3, -0.25) is 14.4 Å². The van der Waals surface area contributed by atoms with Crippen LogP contribution in [-0.4, -0.2) is 77.0 Å². The molecule has 8 nitrogen and oxygen atoms in total. The summed E-state index contributed by atoms with van der Waals surface area (Å²) in [6.07, 6.45) is -2.89. The van der Waals surface area contributed by atoms with E-state index in [1.807, 2.05) is 19.3 Å². The van der Waals surface area contributed by atoms with Gasteiger partial charge in [0.15, 0.2) is 5.79 Å². The largest absolute Gasteiger partial charge is 0.573 e. The number of morpholine rings is 2. The Hall–Kier alpha value is -2.63. The minimum Gasteiger partial charge on any atom is -0.406 e. The fraction of sp³-hybridized carbons (Fsp3) is 0.500. The summed E-state index contributed by atoms with van der Waals surface area (Å²) in [4.78, 5) is 16.7. The highest BCUT2D eigenvalue weighted by Crippen LogP contribution is 2.27. The number of hydrogen-bond donors (Lipinski definition) is 0. The molecule has 1 unspecified atom stereocenters. The van der Waals surface area contributed by atoms with E-state index in [4.69, 9.17) is 9.47 Å². The molecule has 0 radical (unpaired) electrons. The molecule has 1 atom stereocenters. The van der Waals surface area contributed by atoms with Gasteiger partial charge in [0.2, 0.25) is 0 Å². The smallest absolute Gasteiger partial charge is 0.406 e. The van der Waals surface area contributed by atoms with Crippen LogP contribution < -0.4 is 4.74 Å². The second kappa shape index (κ2) is 8.48. The van der Waals surface area contributed by atoms with Crippen LogP contribution in [0.25, 0.3) is 0 Å². The summed E-state index contributed by atoms with van der Waals surface area (Å²) < 4.78 is 54.5. The highest BCUT2D eigenvalue weighted by atomic mass is 19.4. The molecule has 1 aromatic carbocycles. The van der Waals surface area contributed by atoms with E-state index < -0.39 is 12.1 Å². The van der Waals surface area contributed by atoms with Gasteiger partial charge < -0.3 is 19.1 Å². The molecular formula is C20H23F3N4O4. The fourth-order valence-electron chi connectivity index (χ4n) is 3.83. The number of benzene rings is 1. The lowest BCUT2D eigenvalue weighted by Crippen LogP contribution is -2.62. The van der Waals surface area contributed by atoms with Gasteiger partial charge in [-0.1, -0.05) is 0 Å². The fourth-order valence-corrected chi connectivity index (χ4v) is 3.83. The van der Waals surface area contributed by atoms with Crippen LogP contribution in [0.1, 0.15) is 16.1 Å². The van der Waals surface area contributed by atoms with Gasteiger partial charge in [0.25, 0.3) is 5.91 Å². The molecule has 0 aliphatic carbocycles. The minimum absolute atomic E-state index is 0.228. The van der Waals surface area contributed by atoms with E-state index in [1.54, 1.807) is 9.58 Å². The number of aryl methyl sites for hydroxylation is 1. The second-order valence-electron chi connectivity index (χ2n) is 7.60. The average Bonchev–Trinajstić information content (AvgIpc) is 3.11. The number of halogens is 3. The van der Waals surface area contributed by atoms with Crippen molar-refractivity contribution in [3.63, 3.8) is 0 Å². The Morgan fingerprint density at radius 1 is 1.13 bits per heavy atom. The summed E-state index contributed by atoms with van der Waals surface area (Å²) in [6.45, 7) is 3.19.